The van der Waals surface area contributed by atoms with Gasteiger partial charge in [-0.3, -0.25) is 0 Å². The molecule has 0 aliphatic carbocycles. The van der Waals surface area contributed by atoms with Crippen molar-refractivity contribution in [2.45, 2.75) is 13.3 Å². The standard InChI is InChI=1S/C15H20N2O2S2/c1-5-8-17(9-6-2)15(20)16-13-12(14(18)19-4)10-11(7-3)21-13/h5-6,10H,1-2,7-9H2,3-4H3,(H,16,20). The highest BCUT2D eigenvalue weighted by Crippen LogP contribution is 2.29. The lowest BCUT2D eigenvalue weighted by Gasteiger charge is -2.22. The van der Waals surface area contributed by atoms with E-state index in [1.54, 1.807) is 12.2 Å². The molecule has 0 spiro atoms. The molecule has 6 heteroatoms. The molecule has 0 radical (unpaired) electrons. The molecule has 0 bridgehead atoms. The molecule has 0 fully saturated rings. The summed E-state index contributed by atoms with van der Waals surface area (Å²) in [4.78, 5) is 14.8. The normalized spacial score (nSPS) is 9.81. The molecule has 0 atom stereocenters. The SMILES string of the molecule is C=CCN(CC=C)C(=S)Nc1sc(CC)cc1C(=O)OC. The Morgan fingerprint density at radius 2 is 2.10 bits per heavy atom. The first-order valence-electron chi connectivity index (χ1n) is 6.56. The van der Waals surface area contributed by atoms with E-state index in [0.717, 1.165) is 11.3 Å². The van der Waals surface area contributed by atoms with Gasteiger partial charge in [0.05, 0.1) is 12.7 Å². The van der Waals surface area contributed by atoms with Crippen molar-refractivity contribution in [2.24, 2.45) is 0 Å². The monoisotopic (exact) mass is 324 g/mol. The summed E-state index contributed by atoms with van der Waals surface area (Å²) in [7, 11) is 1.37. The third kappa shape index (κ3) is 4.68. The molecular weight excluding hydrogens is 304 g/mol. The van der Waals surface area contributed by atoms with Crippen molar-refractivity contribution in [3.05, 3.63) is 41.8 Å². The number of thiophene rings is 1. The van der Waals surface area contributed by atoms with Crippen LogP contribution in [0.1, 0.15) is 22.2 Å². The maximum atomic E-state index is 11.8. The largest absolute Gasteiger partial charge is 0.465 e. The molecule has 4 nitrogen and oxygen atoms in total. The van der Waals surface area contributed by atoms with Gasteiger partial charge in [-0.1, -0.05) is 19.1 Å². The maximum absolute atomic E-state index is 11.8. The highest BCUT2D eigenvalue weighted by atomic mass is 32.1. The van der Waals surface area contributed by atoms with E-state index >= 15 is 0 Å². The first-order valence-corrected chi connectivity index (χ1v) is 7.78. The van der Waals surface area contributed by atoms with Gasteiger partial charge >= 0.3 is 5.97 Å². The van der Waals surface area contributed by atoms with Crippen LogP contribution in [0.15, 0.2) is 31.4 Å². The summed E-state index contributed by atoms with van der Waals surface area (Å²) in [6.07, 6.45) is 4.39. The quantitative estimate of drug-likeness (QED) is 0.472. The number of ether oxygens (including phenoxy) is 1. The van der Waals surface area contributed by atoms with Crippen LogP contribution >= 0.6 is 23.6 Å². The van der Waals surface area contributed by atoms with Gasteiger partial charge in [-0.25, -0.2) is 4.79 Å². The van der Waals surface area contributed by atoms with Gasteiger partial charge < -0.3 is 15.0 Å². The fraction of sp³-hybridized carbons (Fsp3) is 0.333. The van der Waals surface area contributed by atoms with Crippen molar-refractivity contribution >= 4 is 39.6 Å². The number of anilines is 1. The summed E-state index contributed by atoms with van der Waals surface area (Å²) in [5.41, 5.74) is 0.513. The molecule has 114 valence electrons. The number of thiocarbonyl (C=S) groups is 1. The number of hydrogen-bond donors (Lipinski definition) is 1. The average molecular weight is 324 g/mol. The molecule has 1 aromatic rings. The van der Waals surface area contributed by atoms with E-state index in [4.69, 9.17) is 17.0 Å². The molecule has 0 saturated carbocycles. The van der Waals surface area contributed by atoms with Crippen LogP contribution < -0.4 is 5.32 Å². The van der Waals surface area contributed by atoms with Crippen LogP contribution in [-0.4, -0.2) is 36.2 Å². The number of methoxy groups -OCH3 is 1. The van der Waals surface area contributed by atoms with Crippen molar-refractivity contribution in [1.29, 1.82) is 0 Å². The second-order valence-corrected chi connectivity index (χ2v) is 5.74. The zero-order valence-corrected chi connectivity index (χ0v) is 14.0. The van der Waals surface area contributed by atoms with Gasteiger partial charge in [-0.05, 0) is 24.7 Å². The summed E-state index contributed by atoms with van der Waals surface area (Å²) >= 11 is 6.90. The van der Waals surface area contributed by atoms with Crippen molar-refractivity contribution in [1.82, 2.24) is 4.90 Å². The van der Waals surface area contributed by atoms with Crippen LogP contribution in [0.25, 0.3) is 0 Å². The lowest BCUT2D eigenvalue weighted by atomic mass is 10.2. The van der Waals surface area contributed by atoms with E-state index in [2.05, 4.69) is 18.5 Å². The third-order valence-electron chi connectivity index (χ3n) is 2.74. The number of esters is 1. The van der Waals surface area contributed by atoms with Crippen molar-refractivity contribution in [2.75, 3.05) is 25.5 Å². The van der Waals surface area contributed by atoms with Crippen LogP contribution in [0.2, 0.25) is 0 Å². The smallest absolute Gasteiger partial charge is 0.340 e. The molecule has 1 rings (SSSR count). The summed E-state index contributed by atoms with van der Waals surface area (Å²) in [5.74, 6) is -0.366. The van der Waals surface area contributed by atoms with E-state index in [1.165, 1.54) is 18.4 Å². The predicted molar refractivity (Wildman–Crippen MR) is 93.2 cm³/mol. The Balaban J connectivity index is 2.96. The Morgan fingerprint density at radius 1 is 1.48 bits per heavy atom. The van der Waals surface area contributed by atoms with E-state index in [-0.39, 0.29) is 5.97 Å². The van der Waals surface area contributed by atoms with Gasteiger partial charge in [0.2, 0.25) is 0 Å². The van der Waals surface area contributed by atoms with Crippen LogP contribution in [0.5, 0.6) is 0 Å². The lowest BCUT2D eigenvalue weighted by Crippen LogP contribution is -2.35. The van der Waals surface area contributed by atoms with Crippen LogP contribution in [0.4, 0.5) is 5.00 Å². The van der Waals surface area contributed by atoms with E-state index in [1.807, 2.05) is 17.9 Å². The number of nitrogens with zero attached hydrogens (tertiary/aromatic N) is 1. The lowest BCUT2D eigenvalue weighted by molar-refractivity contribution is 0.0602. The van der Waals surface area contributed by atoms with Gasteiger partial charge in [-0.15, -0.1) is 24.5 Å². The number of hydrogen-bond acceptors (Lipinski definition) is 4. The van der Waals surface area contributed by atoms with Crippen LogP contribution in [0, 0.1) is 0 Å². The molecule has 0 saturated heterocycles. The topological polar surface area (TPSA) is 41.6 Å². The minimum Gasteiger partial charge on any atom is -0.465 e. The molecular formula is C15H20N2O2S2. The zero-order valence-electron chi connectivity index (χ0n) is 12.3. The van der Waals surface area contributed by atoms with Crippen molar-refractivity contribution in [3.8, 4) is 0 Å². The van der Waals surface area contributed by atoms with Gasteiger partial charge in [0, 0.05) is 18.0 Å². The molecule has 0 amide bonds. The predicted octanol–water partition coefficient (Wildman–Crippen LogP) is 3.47. The highest BCUT2D eigenvalue weighted by Gasteiger charge is 2.18. The number of rotatable bonds is 7. The Hall–Kier alpha value is -1.66. The minimum absolute atomic E-state index is 0.366. The van der Waals surface area contributed by atoms with Crippen molar-refractivity contribution < 1.29 is 9.53 Å². The van der Waals surface area contributed by atoms with Gasteiger partial charge in [-0.2, -0.15) is 0 Å². The summed E-state index contributed by atoms with van der Waals surface area (Å²) in [6, 6.07) is 1.84. The fourth-order valence-corrected chi connectivity index (χ4v) is 3.00. The molecule has 0 aromatic carbocycles. The Kier molecular flexibility index (Phi) is 7.11. The number of carbonyl (C=O) groups is 1. The van der Waals surface area contributed by atoms with E-state index < -0.39 is 0 Å². The molecule has 1 heterocycles. The first kappa shape index (κ1) is 17.4. The van der Waals surface area contributed by atoms with E-state index in [9.17, 15) is 4.79 Å². The Bertz CT molecular complexity index is 528. The Labute approximate surface area is 135 Å². The second-order valence-electron chi connectivity index (χ2n) is 4.21. The summed E-state index contributed by atoms with van der Waals surface area (Å²) in [6.45, 7) is 10.7. The molecule has 1 aromatic heterocycles. The van der Waals surface area contributed by atoms with Gasteiger partial charge in [0.1, 0.15) is 5.00 Å². The highest BCUT2D eigenvalue weighted by molar-refractivity contribution is 7.80. The van der Waals surface area contributed by atoms with Gasteiger partial charge in [0.15, 0.2) is 5.11 Å². The zero-order chi connectivity index (χ0) is 15.8. The first-order chi connectivity index (χ1) is 10.1. The Morgan fingerprint density at radius 3 is 2.57 bits per heavy atom. The fourth-order valence-electron chi connectivity index (χ4n) is 1.70. The summed E-state index contributed by atoms with van der Waals surface area (Å²) < 4.78 is 4.81. The summed E-state index contributed by atoms with van der Waals surface area (Å²) in [5, 5.41) is 4.37. The van der Waals surface area contributed by atoms with Crippen molar-refractivity contribution in [3.63, 3.8) is 0 Å². The number of carbonyl (C=O) groups excluding carboxylic acids is 1. The molecule has 21 heavy (non-hydrogen) atoms. The molecule has 0 aliphatic rings. The maximum Gasteiger partial charge on any atom is 0.340 e. The van der Waals surface area contributed by atoms with E-state index in [0.29, 0.717) is 28.8 Å². The molecule has 0 aliphatic heterocycles. The molecule has 1 N–H and O–H groups in total. The average Bonchev–Trinajstić information content (AvgIpc) is 2.89. The second kappa shape index (κ2) is 8.59. The number of aryl methyl sites for hydroxylation is 1. The van der Waals surface area contributed by atoms with Crippen LogP contribution in [0.3, 0.4) is 0 Å². The third-order valence-corrected chi connectivity index (χ3v) is 4.30. The minimum atomic E-state index is -0.366. The van der Waals surface area contributed by atoms with Crippen LogP contribution in [-0.2, 0) is 11.2 Å². The molecule has 0 unspecified atom stereocenters. The number of nitrogens with one attached hydrogen (secondary N) is 1. The van der Waals surface area contributed by atoms with Gasteiger partial charge in [0.25, 0.3) is 0 Å².